The molecule has 0 N–H and O–H groups in total. The lowest BCUT2D eigenvalue weighted by atomic mass is 9.97. The third-order valence-electron chi connectivity index (χ3n) is 3.56. The van der Waals surface area contributed by atoms with Crippen LogP contribution in [0.15, 0.2) is 12.1 Å². The van der Waals surface area contributed by atoms with Gasteiger partial charge in [-0.05, 0) is 18.4 Å². The summed E-state index contributed by atoms with van der Waals surface area (Å²) in [6.07, 6.45) is 5.47. The van der Waals surface area contributed by atoms with E-state index in [1.54, 1.807) is 0 Å². The number of ketones is 1. The van der Waals surface area contributed by atoms with Crippen molar-refractivity contribution in [2.75, 3.05) is 0 Å². The van der Waals surface area contributed by atoms with E-state index in [9.17, 15) is 18.0 Å². The van der Waals surface area contributed by atoms with Crippen molar-refractivity contribution in [3.63, 3.8) is 0 Å². The van der Waals surface area contributed by atoms with Gasteiger partial charge in [0.05, 0.1) is 5.56 Å². The molecule has 2 rings (SSSR count). The van der Waals surface area contributed by atoms with Crippen LogP contribution in [0.5, 0.6) is 0 Å². The van der Waals surface area contributed by atoms with E-state index < -0.39 is 23.2 Å². The highest BCUT2D eigenvalue weighted by Gasteiger charge is 2.19. The van der Waals surface area contributed by atoms with E-state index >= 15 is 0 Å². The fourth-order valence-electron chi connectivity index (χ4n) is 2.51. The molecule has 1 aromatic carbocycles. The highest BCUT2D eigenvalue weighted by Crippen LogP contribution is 2.29. The quantitative estimate of drug-likeness (QED) is 0.581. The highest BCUT2D eigenvalue weighted by molar-refractivity contribution is 5.96. The summed E-state index contributed by atoms with van der Waals surface area (Å²) < 4.78 is 39.0. The molecular weight excluding hydrogens is 241 g/mol. The van der Waals surface area contributed by atoms with Crippen LogP contribution in [0.4, 0.5) is 13.2 Å². The molecular formula is C14H15F3O. The minimum atomic E-state index is -1.26. The topological polar surface area (TPSA) is 17.1 Å². The van der Waals surface area contributed by atoms with E-state index in [1.165, 1.54) is 12.8 Å². The van der Waals surface area contributed by atoms with Gasteiger partial charge in [-0.2, -0.15) is 0 Å². The van der Waals surface area contributed by atoms with E-state index in [-0.39, 0.29) is 12.0 Å². The molecule has 0 unspecified atom stereocenters. The molecule has 0 bridgehead atoms. The van der Waals surface area contributed by atoms with Gasteiger partial charge in [-0.1, -0.05) is 25.7 Å². The number of benzene rings is 1. The van der Waals surface area contributed by atoms with Crippen LogP contribution in [0.25, 0.3) is 0 Å². The minimum absolute atomic E-state index is 0.201. The van der Waals surface area contributed by atoms with Gasteiger partial charge in [-0.15, -0.1) is 0 Å². The van der Waals surface area contributed by atoms with Gasteiger partial charge in [-0.3, -0.25) is 4.79 Å². The first kappa shape index (κ1) is 13.1. The summed E-state index contributed by atoms with van der Waals surface area (Å²) in [6.45, 7) is 0. The molecule has 1 nitrogen and oxygen atoms in total. The van der Waals surface area contributed by atoms with Crippen molar-refractivity contribution in [2.45, 2.75) is 38.5 Å². The van der Waals surface area contributed by atoms with Gasteiger partial charge < -0.3 is 0 Å². The molecule has 0 aliphatic heterocycles. The molecule has 1 aliphatic rings. The zero-order chi connectivity index (χ0) is 13.1. The maximum absolute atomic E-state index is 13.4. The Kier molecular flexibility index (Phi) is 4.04. The van der Waals surface area contributed by atoms with Crippen molar-refractivity contribution in [3.05, 3.63) is 35.1 Å². The Labute approximate surface area is 104 Å². The summed E-state index contributed by atoms with van der Waals surface area (Å²) in [7, 11) is 0. The second-order valence-corrected chi connectivity index (χ2v) is 4.86. The van der Waals surface area contributed by atoms with Gasteiger partial charge in [-0.25, -0.2) is 13.2 Å². The molecule has 0 spiro atoms. The standard InChI is InChI=1S/C14H15F3O/c15-11-8-13(17)12(16)7-10(11)14(18)6-5-9-3-1-2-4-9/h7-9H,1-6H2. The second kappa shape index (κ2) is 5.55. The van der Waals surface area contributed by atoms with Crippen LogP contribution >= 0.6 is 0 Å². The maximum Gasteiger partial charge on any atom is 0.165 e. The molecule has 1 aromatic rings. The van der Waals surface area contributed by atoms with Crippen LogP contribution in [0.2, 0.25) is 0 Å². The Morgan fingerprint density at radius 2 is 1.67 bits per heavy atom. The van der Waals surface area contributed by atoms with Crippen LogP contribution < -0.4 is 0 Å². The maximum atomic E-state index is 13.4. The summed E-state index contributed by atoms with van der Waals surface area (Å²) in [5.74, 6) is -3.36. The molecule has 0 radical (unpaired) electrons. The number of hydrogen-bond acceptors (Lipinski definition) is 1. The molecule has 18 heavy (non-hydrogen) atoms. The Hall–Kier alpha value is -1.32. The predicted octanol–water partition coefficient (Wildman–Crippen LogP) is 4.26. The molecule has 0 heterocycles. The first-order valence-electron chi connectivity index (χ1n) is 6.25. The summed E-state index contributed by atoms with van der Waals surface area (Å²) >= 11 is 0. The zero-order valence-electron chi connectivity index (χ0n) is 10.0. The normalized spacial score (nSPS) is 16.2. The molecule has 98 valence electrons. The van der Waals surface area contributed by atoms with Gasteiger partial charge in [0.15, 0.2) is 17.4 Å². The fraction of sp³-hybridized carbons (Fsp3) is 0.500. The van der Waals surface area contributed by atoms with Gasteiger partial charge in [0.1, 0.15) is 5.82 Å². The van der Waals surface area contributed by atoms with Crippen molar-refractivity contribution in [1.29, 1.82) is 0 Å². The van der Waals surface area contributed by atoms with Crippen molar-refractivity contribution >= 4 is 5.78 Å². The van der Waals surface area contributed by atoms with Crippen molar-refractivity contribution in [3.8, 4) is 0 Å². The molecule has 1 aliphatic carbocycles. The summed E-state index contributed by atoms with van der Waals surface area (Å²) in [5, 5.41) is 0. The van der Waals surface area contributed by atoms with E-state index in [2.05, 4.69) is 0 Å². The summed E-state index contributed by atoms with van der Waals surface area (Å²) in [4.78, 5) is 11.8. The Morgan fingerprint density at radius 3 is 2.33 bits per heavy atom. The monoisotopic (exact) mass is 256 g/mol. The largest absolute Gasteiger partial charge is 0.294 e. The van der Waals surface area contributed by atoms with Crippen LogP contribution in [0.1, 0.15) is 48.9 Å². The SMILES string of the molecule is O=C(CCC1CCCC1)c1cc(F)c(F)cc1F. The third kappa shape index (κ3) is 2.92. The smallest absolute Gasteiger partial charge is 0.165 e. The Morgan fingerprint density at radius 1 is 1.06 bits per heavy atom. The van der Waals surface area contributed by atoms with Crippen LogP contribution in [0.3, 0.4) is 0 Å². The molecule has 0 aromatic heterocycles. The third-order valence-corrected chi connectivity index (χ3v) is 3.56. The zero-order valence-corrected chi connectivity index (χ0v) is 10.0. The number of Topliss-reactive ketones (excluding diaryl/α,β-unsaturated/α-hetero) is 1. The predicted molar refractivity (Wildman–Crippen MR) is 61.8 cm³/mol. The summed E-state index contributed by atoms with van der Waals surface area (Å²) in [6, 6.07) is 1.08. The summed E-state index contributed by atoms with van der Waals surface area (Å²) in [5.41, 5.74) is -0.341. The first-order chi connectivity index (χ1) is 8.58. The number of carbonyl (C=O) groups excluding carboxylic acids is 1. The van der Waals surface area contributed by atoms with E-state index in [0.717, 1.165) is 12.8 Å². The van der Waals surface area contributed by atoms with Gasteiger partial charge in [0.25, 0.3) is 0 Å². The highest BCUT2D eigenvalue weighted by atomic mass is 19.2. The Bertz CT molecular complexity index is 451. The average molecular weight is 256 g/mol. The number of hydrogen-bond donors (Lipinski definition) is 0. The van der Waals surface area contributed by atoms with Gasteiger partial charge in [0.2, 0.25) is 0 Å². The van der Waals surface area contributed by atoms with Gasteiger partial charge in [0, 0.05) is 12.5 Å². The lowest BCUT2D eigenvalue weighted by Gasteiger charge is -2.08. The second-order valence-electron chi connectivity index (χ2n) is 4.86. The van der Waals surface area contributed by atoms with Crippen molar-refractivity contribution in [2.24, 2.45) is 5.92 Å². The van der Waals surface area contributed by atoms with Gasteiger partial charge >= 0.3 is 0 Å². The molecule has 0 amide bonds. The lowest BCUT2D eigenvalue weighted by molar-refractivity contribution is 0.0969. The minimum Gasteiger partial charge on any atom is -0.294 e. The Balaban J connectivity index is 2.01. The van der Waals surface area contributed by atoms with E-state index in [4.69, 9.17) is 0 Å². The van der Waals surface area contributed by atoms with Crippen LogP contribution in [-0.2, 0) is 0 Å². The average Bonchev–Trinajstić information content (AvgIpc) is 2.84. The number of rotatable bonds is 4. The molecule has 4 heteroatoms. The lowest BCUT2D eigenvalue weighted by Crippen LogP contribution is -2.07. The molecule has 1 fully saturated rings. The molecule has 0 saturated heterocycles. The van der Waals surface area contributed by atoms with Crippen molar-refractivity contribution < 1.29 is 18.0 Å². The van der Waals surface area contributed by atoms with Crippen LogP contribution in [0, 0.1) is 23.4 Å². The molecule has 1 saturated carbocycles. The van der Waals surface area contributed by atoms with E-state index in [1.807, 2.05) is 0 Å². The molecule has 0 atom stereocenters. The number of halogens is 3. The first-order valence-corrected chi connectivity index (χ1v) is 6.25. The number of carbonyl (C=O) groups is 1. The van der Waals surface area contributed by atoms with Crippen molar-refractivity contribution in [1.82, 2.24) is 0 Å². The fourth-order valence-corrected chi connectivity index (χ4v) is 2.51. The van der Waals surface area contributed by atoms with E-state index in [0.29, 0.717) is 24.5 Å². The van der Waals surface area contributed by atoms with Crippen LogP contribution in [-0.4, -0.2) is 5.78 Å².